The molecule has 6 atom stereocenters. The molecule has 0 aromatic carbocycles. The van der Waals surface area contributed by atoms with E-state index in [-0.39, 0.29) is 46.5 Å². The molecule has 0 bridgehead atoms. The Morgan fingerprint density at radius 3 is 1.43 bits per heavy atom. The summed E-state index contributed by atoms with van der Waals surface area (Å²) in [6.45, 7) is 0. The third-order valence-corrected chi connectivity index (χ3v) is 5.64. The van der Waals surface area contributed by atoms with Gasteiger partial charge in [-0.15, -0.1) is 24.0 Å². The van der Waals surface area contributed by atoms with Crippen LogP contribution in [0.3, 0.4) is 0 Å². The van der Waals surface area contributed by atoms with Crippen LogP contribution in [0.15, 0.2) is 48.6 Å². The summed E-state index contributed by atoms with van der Waals surface area (Å²) in [6, 6.07) is 0. The van der Waals surface area contributed by atoms with Crippen LogP contribution < -0.4 is 24.8 Å². The van der Waals surface area contributed by atoms with E-state index < -0.39 is 0 Å². The van der Waals surface area contributed by atoms with Gasteiger partial charge in [0.25, 0.3) is 0 Å². The summed E-state index contributed by atoms with van der Waals surface area (Å²) in [5, 5.41) is 0. The Hall–Kier alpha value is 0.254. The summed E-state index contributed by atoms with van der Waals surface area (Å²) in [5.41, 5.74) is 0. The molecular formula is C20H24Cl2Ti. The van der Waals surface area contributed by atoms with Crippen molar-refractivity contribution < 1.29 is 46.5 Å². The van der Waals surface area contributed by atoms with Gasteiger partial charge in [0, 0.05) is 0 Å². The van der Waals surface area contributed by atoms with Crippen LogP contribution in [0.2, 0.25) is 0 Å². The van der Waals surface area contributed by atoms with E-state index in [1.165, 1.54) is 25.7 Å². The Morgan fingerprint density at radius 2 is 1.04 bits per heavy atom. The molecule has 0 aromatic heterocycles. The minimum atomic E-state index is 0. The zero-order valence-electron chi connectivity index (χ0n) is 13.3. The largest absolute Gasteiger partial charge is 4.00 e. The van der Waals surface area contributed by atoms with Crippen molar-refractivity contribution in [3.63, 3.8) is 0 Å². The SMILES string of the molecule is C1=CC2[CH-]C(CCC3[CH-]C4C=CC=CC4C3)CC2C=C1.[Cl-].[Cl-].[Ti+4]. The van der Waals surface area contributed by atoms with Gasteiger partial charge in [-0.3, -0.25) is 0 Å². The normalized spacial score (nSPS) is 39.0. The van der Waals surface area contributed by atoms with Gasteiger partial charge >= 0.3 is 21.7 Å². The predicted molar refractivity (Wildman–Crippen MR) is 84.6 cm³/mol. The molecule has 0 nitrogen and oxygen atoms in total. The molecule has 2 saturated carbocycles. The van der Waals surface area contributed by atoms with Gasteiger partial charge in [-0.2, -0.15) is 11.8 Å². The van der Waals surface area contributed by atoms with Crippen LogP contribution in [0.1, 0.15) is 25.7 Å². The Morgan fingerprint density at radius 1 is 0.652 bits per heavy atom. The summed E-state index contributed by atoms with van der Waals surface area (Å²) in [4.78, 5) is 0. The van der Waals surface area contributed by atoms with E-state index in [1.807, 2.05) is 0 Å². The van der Waals surface area contributed by atoms with Crippen LogP contribution in [-0.2, 0) is 21.7 Å². The molecule has 0 aliphatic heterocycles. The second-order valence-electron chi connectivity index (χ2n) is 6.98. The fourth-order valence-electron chi connectivity index (χ4n) is 4.57. The molecule has 4 aliphatic rings. The Bertz CT molecular complexity index is 396. The first-order chi connectivity index (χ1) is 9.88. The molecule has 23 heavy (non-hydrogen) atoms. The third-order valence-electron chi connectivity index (χ3n) is 5.64. The molecule has 3 heteroatoms. The van der Waals surface area contributed by atoms with Crippen LogP contribution in [0, 0.1) is 48.3 Å². The average Bonchev–Trinajstić information content (AvgIpc) is 3.07. The second-order valence-corrected chi connectivity index (χ2v) is 6.98. The van der Waals surface area contributed by atoms with Crippen molar-refractivity contribution >= 4 is 0 Å². The zero-order chi connectivity index (χ0) is 13.4. The molecule has 2 fully saturated rings. The summed E-state index contributed by atoms with van der Waals surface area (Å²) >= 11 is 0. The molecule has 4 rings (SSSR count). The molecular weight excluding hydrogens is 359 g/mol. The van der Waals surface area contributed by atoms with E-state index in [0.717, 1.165) is 35.5 Å². The minimum Gasteiger partial charge on any atom is -1.00 e. The summed E-state index contributed by atoms with van der Waals surface area (Å²) in [7, 11) is 0. The van der Waals surface area contributed by atoms with Gasteiger partial charge in [-0.1, -0.05) is 62.1 Å². The molecule has 4 aliphatic carbocycles. The van der Waals surface area contributed by atoms with E-state index in [0.29, 0.717) is 0 Å². The third kappa shape index (κ3) is 4.88. The molecule has 0 radical (unpaired) electrons. The summed E-state index contributed by atoms with van der Waals surface area (Å²) in [6.07, 6.45) is 29.3. The molecule has 0 aromatic rings. The van der Waals surface area contributed by atoms with Gasteiger partial charge in [0.1, 0.15) is 0 Å². The van der Waals surface area contributed by atoms with Gasteiger partial charge in [-0.05, 0) is 11.8 Å². The Labute approximate surface area is 168 Å². The van der Waals surface area contributed by atoms with Crippen molar-refractivity contribution in [1.82, 2.24) is 0 Å². The Kier molecular flexibility index (Phi) is 8.95. The zero-order valence-corrected chi connectivity index (χ0v) is 16.4. The maximum absolute atomic E-state index is 2.62. The molecule has 0 saturated heterocycles. The monoisotopic (exact) mass is 382 g/mol. The number of halogens is 2. The second kappa shape index (κ2) is 9.66. The van der Waals surface area contributed by atoms with Crippen molar-refractivity contribution in [2.24, 2.45) is 35.5 Å². The van der Waals surface area contributed by atoms with E-state index in [1.54, 1.807) is 0 Å². The van der Waals surface area contributed by atoms with Gasteiger partial charge in [0.15, 0.2) is 0 Å². The van der Waals surface area contributed by atoms with Gasteiger partial charge in [0.2, 0.25) is 0 Å². The van der Waals surface area contributed by atoms with Crippen LogP contribution in [-0.4, -0.2) is 0 Å². The van der Waals surface area contributed by atoms with Gasteiger partial charge in [-0.25, -0.2) is 0 Å². The standard InChI is InChI=1S/C20H24.2ClH.Ti/c1-2-6-18-12-15(11-17(18)5-1)9-10-16-13-19-7-3-4-8-20(19)14-16;;;/h1-8,11,13,15-20H,9-10,12,14H2;2*1H;/q-2;;;+4/p-2. The van der Waals surface area contributed by atoms with Crippen molar-refractivity contribution in [1.29, 1.82) is 0 Å². The van der Waals surface area contributed by atoms with E-state index in [2.05, 4.69) is 61.4 Å². The van der Waals surface area contributed by atoms with E-state index in [9.17, 15) is 0 Å². The molecule has 0 N–H and O–H groups in total. The first kappa shape index (κ1) is 21.3. The minimum absolute atomic E-state index is 0. The van der Waals surface area contributed by atoms with Gasteiger partial charge in [0.05, 0.1) is 0 Å². The smallest absolute Gasteiger partial charge is 1.00 e. The van der Waals surface area contributed by atoms with Crippen LogP contribution in [0.4, 0.5) is 0 Å². The molecule has 6 unspecified atom stereocenters. The number of hydrogen-bond donors (Lipinski definition) is 0. The number of allylic oxidation sites excluding steroid dienone is 8. The van der Waals surface area contributed by atoms with Gasteiger partial charge < -0.3 is 37.7 Å². The van der Waals surface area contributed by atoms with E-state index >= 15 is 0 Å². The van der Waals surface area contributed by atoms with E-state index in [4.69, 9.17) is 0 Å². The van der Waals surface area contributed by atoms with Crippen LogP contribution in [0.25, 0.3) is 0 Å². The molecule has 0 spiro atoms. The topological polar surface area (TPSA) is 0 Å². The Balaban J connectivity index is 0.000000882. The first-order valence-electron chi connectivity index (χ1n) is 8.28. The maximum Gasteiger partial charge on any atom is 4.00 e. The molecule has 0 amide bonds. The number of hydrogen-bond acceptors (Lipinski definition) is 0. The maximum atomic E-state index is 2.62. The van der Waals surface area contributed by atoms with Crippen LogP contribution >= 0.6 is 0 Å². The van der Waals surface area contributed by atoms with Crippen LogP contribution in [0.5, 0.6) is 0 Å². The van der Waals surface area contributed by atoms with Crippen molar-refractivity contribution in [3.8, 4) is 0 Å². The molecule has 122 valence electrons. The summed E-state index contributed by atoms with van der Waals surface area (Å²) in [5.74, 6) is 4.74. The van der Waals surface area contributed by atoms with Crippen molar-refractivity contribution in [2.75, 3.05) is 0 Å². The fraction of sp³-hybridized carbons (Fsp3) is 0.500. The summed E-state index contributed by atoms with van der Waals surface area (Å²) < 4.78 is 0. The van der Waals surface area contributed by atoms with Crippen molar-refractivity contribution in [2.45, 2.75) is 25.7 Å². The average molecular weight is 383 g/mol. The molecule has 0 heterocycles. The quantitative estimate of drug-likeness (QED) is 0.431. The number of fused-ring (bicyclic) bond motifs is 2. The number of rotatable bonds is 3. The van der Waals surface area contributed by atoms with Crippen molar-refractivity contribution in [3.05, 3.63) is 61.4 Å². The first-order valence-corrected chi connectivity index (χ1v) is 8.28. The fourth-order valence-corrected chi connectivity index (χ4v) is 4.57. The predicted octanol–water partition coefficient (Wildman–Crippen LogP) is -1.06.